The molecule has 0 saturated carbocycles. The molecular formula is C12H15N5. The Morgan fingerprint density at radius 2 is 2.00 bits per heavy atom. The number of piperazine rings is 1. The van der Waals surface area contributed by atoms with Crippen LogP contribution in [0.4, 0.5) is 11.5 Å². The summed E-state index contributed by atoms with van der Waals surface area (Å²) >= 11 is 0. The average molecular weight is 229 g/mol. The Balaban J connectivity index is 1.98. The summed E-state index contributed by atoms with van der Waals surface area (Å²) in [5, 5.41) is 3.32. The lowest BCUT2D eigenvalue weighted by Gasteiger charge is -2.28. The van der Waals surface area contributed by atoms with Crippen LogP contribution in [0.3, 0.4) is 0 Å². The van der Waals surface area contributed by atoms with Crippen molar-refractivity contribution >= 4 is 22.5 Å². The molecule has 2 aromatic rings. The van der Waals surface area contributed by atoms with E-state index in [9.17, 15) is 0 Å². The summed E-state index contributed by atoms with van der Waals surface area (Å²) in [6.07, 6.45) is 1.83. The second kappa shape index (κ2) is 4.18. The number of rotatable bonds is 1. The van der Waals surface area contributed by atoms with E-state index in [2.05, 4.69) is 20.2 Å². The number of hydrogen-bond donors (Lipinski definition) is 2. The van der Waals surface area contributed by atoms with Gasteiger partial charge in [0.05, 0.1) is 17.2 Å². The minimum Gasteiger partial charge on any atom is -0.399 e. The van der Waals surface area contributed by atoms with Gasteiger partial charge in [0.25, 0.3) is 0 Å². The molecular weight excluding hydrogens is 214 g/mol. The molecule has 88 valence electrons. The fourth-order valence-corrected chi connectivity index (χ4v) is 2.06. The highest BCUT2D eigenvalue weighted by Gasteiger charge is 2.12. The third-order valence-corrected chi connectivity index (χ3v) is 2.99. The van der Waals surface area contributed by atoms with Crippen LogP contribution in [0.5, 0.6) is 0 Å². The maximum Gasteiger partial charge on any atom is 0.147 e. The van der Waals surface area contributed by atoms with Gasteiger partial charge in [-0.3, -0.25) is 4.98 Å². The first-order valence-corrected chi connectivity index (χ1v) is 5.81. The number of nitrogens with one attached hydrogen (secondary N) is 1. The molecule has 2 heterocycles. The van der Waals surface area contributed by atoms with Crippen molar-refractivity contribution in [3.63, 3.8) is 0 Å². The standard InChI is InChI=1S/C12H15N5/c13-9-1-2-10-11(7-9)15-8-12(16-10)17-5-3-14-4-6-17/h1-2,7-8,14H,3-6,13H2. The molecule has 3 N–H and O–H groups in total. The van der Waals surface area contributed by atoms with E-state index in [1.165, 1.54) is 0 Å². The Hall–Kier alpha value is -1.88. The average Bonchev–Trinajstić information content (AvgIpc) is 2.39. The van der Waals surface area contributed by atoms with Gasteiger partial charge >= 0.3 is 0 Å². The van der Waals surface area contributed by atoms with E-state index < -0.39 is 0 Å². The third-order valence-electron chi connectivity index (χ3n) is 2.99. The lowest BCUT2D eigenvalue weighted by molar-refractivity contribution is 0.585. The van der Waals surface area contributed by atoms with Crippen LogP contribution in [0, 0.1) is 0 Å². The van der Waals surface area contributed by atoms with Gasteiger partial charge in [-0.15, -0.1) is 0 Å². The third kappa shape index (κ3) is 2.01. The van der Waals surface area contributed by atoms with Crippen molar-refractivity contribution in [2.75, 3.05) is 36.8 Å². The maximum atomic E-state index is 5.72. The number of aromatic nitrogens is 2. The Bertz CT molecular complexity index is 533. The van der Waals surface area contributed by atoms with Crippen LogP contribution < -0.4 is 16.0 Å². The van der Waals surface area contributed by atoms with Gasteiger partial charge in [-0.2, -0.15) is 0 Å². The molecule has 0 radical (unpaired) electrons. The van der Waals surface area contributed by atoms with Gasteiger partial charge in [-0.1, -0.05) is 0 Å². The summed E-state index contributed by atoms with van der Waals surface area (Å²) in [7, 11) is 0. The van der Waals surface area contributed by atoms with Gasteiger partial charge < -0.3 is 16.0 Å². The summed E-state index contributed by atoms with van der Waals surface area (Å²) in [5.41, 5.74) is 8.19. The number of nitrogen functional groups attached to an aromatic ring is 1. The highest BCUT2D eigenvalue weighted by molar-refractivity contribution is 5.79. The van der Waals surface area contributed by atoms with Gasteiger partial charge in [-0.05, 0) is 18.2 Å². The monoisotopic (exact) mass is 229 g/mol. The zero-order valence-corrected chi connectivity index (χ0v) is 9.56. The zero-order valence-electron chi connectivity index (χ0n) is 9.56. The molecule has 3 rings (SSSR count). The van der Waals surface area contributed by atoms with Gasteiger partial charge in [0.1, 0.15) is 5.82 Å². The molecule has 1 aliphatic heterocycles. The molecule has 5 nitrogen and oxygen atoms in total. The number of benzene rings is 1. The van der Waals surface area contributed by atoms with Gasteiger partial charge in [-0.25, -0.2) is 4.98 Å². The first-order chi connectivity index (χ1) is 8.33. The van der Waals surface area contributed by atoms with Crippen LogP contribution >= 0.6 is 0 Å². The van der Waals surface area contributed by atoms with Crippen molar-refractivity contribution < 1.29 is 0 Å². The number of nitrogens with two attached hydrogens (primary N) is 1. The van der Waals surface area contributed by atoms with Crippen molar-refractivity contribution in [1.29, 1.82) is 0 Å². The van der Waals surface area contributed by atoms with E-state index in [1.54, 1.807) is 0 Å². The number of hydrogen-bond acceptors (Lipinski definition) is 5. The molecule has 1 fully saturated rings. The highest BCUT2D eigenvalue weighted by atomic mass is 15.2. The van der Waals surface area contributed by atoms with Gasteiger partial charge in [0.2, 0.25) is 0 Å². The molecule has 1 saturated heterocycles. The van der Waals surface area contributed by atoms with Crippen molar-refractivity contribution in [1.82, 2.24) is 15.3 Å². The SMILES string of the molecule is Nc1ccc2nc(N3CCNCC3)cnc2c1. The van der Waals surface area contributed by atoms with Crippen molar-refractivity contribution in [2.45, 2.75) is 0 Å². The Kier molecular flexibility index (Phi) is 2.53. The quantitative estimate of drug-likeness (QED) is 0.702. The van der Waals surface area contributed by atoms with Gasteiger partial charge in [0.15, 0.2) is 0 Å². The largest absolute Gasteiger partial charge is 0.399 e. The highest BCUT2D eigenvalue weighted by Crippen LogP contribution is 2.17. The van der Waals surface area contributed by atoms with E-state index in [4.69, 9.17) is 5.73 Å². The first-order valence-electron chi connectivity index (χ1n) is 5.81. The van der Waals surface area contributed by atoms with E-state index in [1.807, 2.05) is 24.4 Å². The van der Waals surface area contributed by atoms with Crippen LogP contribution in [-0.4, -0.2) is 36.1 Å². The van der Waals surface area contributed by atoms with Gasteiger partial charge in [0, 0.05) is 31.9 Å². The Labute approximate surface area is 99.7 Å². The number of nitrogens with zero attached hydrogens (tertiary/aromatic N) is 3. The Morgan fingerprint density at radius 3 is 2.82 bits per heavy atom. The smallest absolute Gasteiger partial charge is 0.147 e. The van der Waals surface area contributed by atoms with Crippen molar-refractivity contribution in [3.8, 4) is 0 Å². The minimum absolute atomic E-state index is 0.724. The molecule has 0 atom stereocenters. The number of fused-ring (bicyclic) bond motifs is 1. The van der Waals surface area contributed by atoms with Crippen LogP contribution in [0.25, 0.3) is 11.0 Å². The van der Waals surface area contributed by atoms with Crippen molar-refractivity contribution in [2.24, 2.45) is 0 Å². The molecule has 0 bridgehead atoms. The zero-order chi connectivity index (χ0) is 11.7. The molecule has 1 aliphatic rings. The molecule has 1 aromatic heterocycles. The van der Waals surface area contributed by atoms with E-state index in [0.29, 0.717) is 0 Å². The Morgan fingerprint density at radius 1 is 1.18 bits per heavy atom. The summed E-state index contributed by atoms with van der Waals surface area (Å²) in [6, 6.07) is 5.63. The normalized spacial score (nSPS) is 16.4. The second-order valence-corrected chi connectivity index (χ2v) is 4.21. The predicted molar refractivity (Wildman–Crippen MR) is 69.0 cm³/mol. The van der Waals surface area contributed by atoms with Crippen LogP contribution in [0.15, 0.2) is 24.4 Å². The molecule has 5 heteroatoms. The lowest BCUT2D eigenvalue weighted by atomic mass is 10.2. The summed E-state index contributed by atoms with van der Waals surface area (Å²) in [5.74, 6) is 0.948. The first kappa shape index (κ1) is 10.3. The summed E-state index contributed by atoms with van der Waals surface area (Å²) in [6.45, 7) is 3.97. The maximum absolute atomic E-state index is 5.72. The summed E-state index contributed by atoms with van der Waals surface area (Å²) in [4.78, 5) is 11.3. The van der Waals surface area contributed by atoms with Crippen LogP contribution in [-0.2, 0) is 0 Å². The summed E-state index contributed by atoms with van der Waals surface area (Å²) < 4.78 is 0. The fraction of sp³-hybridized carbons (Fsp3) is 0.333. The second-order valence-electron chi connectivity index (χ2n) is 4.21. The van der Waals surface area contributed by atoms with Crippen LogP contribution in [0.2, 0.25) is 0 Å². The molecule has 0 unspecified atom stereocenters. The molecule has 0 spiro atoms. The van der Waals surface area contributed by atoms with E-state index >= 15 is 0 Å². The topological polar surface area (TPSA) is 67.1 Å². The molecule has 1 aromatic carbocycles. The van der Waals surface area contributed by atoms with Crippen molar-refractivity contribution in [3.05, 3.63) is 24.4 Å². The molecule has 0 amide bonds. The fourth-order valence-electron chi connectivity index (χ4n) is 2.06. The lowest BCUT2D eigenvalue weighted by Crippen LogP contribution is -2.43. The molecule has 0 aliphatic carbocycles. The van der Waals surface area contributed by atoms with E-state index in [-0.39, 0.29) is 0 Å². The predicted octanol–water partition coefficient (Wildman–Crippen LogP) is 0.622. The molecule has 17 heavy (non-hydrogen) atoms. The number of anilines is 2. The van der Waals surface area contributed by atoms with Crippen LogP contribution in [0.1, 0.15) is 0 Å². The van der Waals surface area contributed by atoms with E-state index in [0.717, 1.165) is 48.7 Å². The minimum atomic E-state index is 0.724.